The van der Waals surface area contributed by atoms with E-state index in [-0.39, 0.29) is 17.5 Å². The summed E-state index contributed by atoms with van der Waals surface area (Å²) in [6.07, 6.45) is 7.41. The largest absolute Gasteiger partial charge is 0.463 e. The van der Waals surface area contributed by atoms with Gasteiger partial charge in [-0.2, -0.15) is 0 Å². The molecule has 7 nitrogen and oxygen atoms in total. The molecule has 1 N–H and O–H groups in total. The van der Waals surface area contributed by atoms with Crippen LogP contribution in [0.2, 0.25) is 0 Å². The summed E-state index contributed by atoms with van der Waals surface area (Å²) in [5, 5.41) is 3.14. The van der Waals surface area contributed by atoms with Crippen LogP contribution in [0.1, 0.15) is 12.0 Å². The molecule has 1 fully saturated rings. The average Bonchev–Trinajstić information content (AvgIpc) is 3.25. The first kappa shape index (κ1) is 16.7. The van der Waals surface area contributed by atoms with E-state index in [0.717, 1.165) is 16.7 Å². The van der Waals surface area contributed by atoms with E-state index in [1.54, 1.807) is 30.9 Å². The molecule has 0 radical (unpaired) electrons. The first-order chi connectivity index (χ1) is 12.5. The fourth-order valence-corrected chi connectivity index (χ4v) is 4.79. The van der Waals surface area contributed by atoms with Crippen LogP contribution in [0.15, 0.2) is 47.5 Å². The lowest BCUT2D eigenvalue weighted by atomic mass is 10.0. The molecule has 0 aliphatic carbocycles. The summed E-state index contributed by atoms with van der Waals surface area (Å²) < 4.78 is 28.9. The SMILES string of the molecule is Cc1cnccc1-c1cnc(N[C@H]2CCS(=O)(=O)C2)nc1-c1ccco1. The Morgan fingerprint density at radius 2 is 2.12 bits per heavy atom. The number of hydrogen-bond acceptors (Lipinski definition) is 7. The van der Waals surface area contributed by atoms with Gasteiger partial charge in [-0.3, -0.25) is 4.98 Å². The van der Waals surface area contributed by atoms with E-state index in [4.69, 9.17) is 4.42 Å². The number of aromatic nitrogens is 3. The fraction of sp³-hybridized carbons (Fsp3) is 0.278. The normalized spacial score (nSPS) is 18.7. The molecule has 1 atom stereocenters. The number of anilines is 1. The Morgan fingerprint density at radius 3 is 2.81 bits per heavy atom. The molecule has 0 amide bonds. The number of pyridine rings is 1. The van der Waals surface area contributed by atoms with E-state index in [1.807, 2.05) is 19.1 Å². The van der Waals surface area contributed by atoms with E-state index in [2.05, 4.69) is 20.3 Å². The molecule has 1 aliphatic heterocycles. The molecule has 0 aromatic carbocycles. The minimum absolute atomic E-state index is 0.109. The summed E-state index contributed by atoms with van der Waals surface area (Å²) in [6, 6.07) is 5.39. The third-order valence-electron chi connectivity index (χ3n) is 4.42. The lowest BCUT2D eigenvalue weighted by Crippen LogP contribution is -2.22. The van der Waals surface area contributed by atoms with Gasteiger partial charge < -0.3 is 9.73 Å². The van der Waals surface area contributed by atoms with E-state index in [9.17, 15) is 8.42 Å². The standard InChI is InChI=1S/C18H18N4O3S/c1-12-9-19-6-4-14(12)15-10-20-18(21-13-5-8-26(23,24)11-13)22-17(15)16-3-2-7-25-16/h2-4,6-7,9-10,13H,5,8,11H2,1H3,(H,20,21,22)/t13-/m0/s1. The van der Waals surface area contributed by atoms with Gasteiger partial charge in [0.2, 0.25) is 5.95 Å². The van der Waals surface area contributed by atoms with Gasteiger partial charge in [-0.05, 0) is 42.7 Å². The van der Waals surface area contributed by atoms with Gasteiger partial charge in [0.1, 0.15) is 5.69 Å². The Hall–Kier alpha value is -2.74. The van der Waals surface area contributed by atoms with Gasteiger partial charge in [-0.25, -0.2) is 18.4 Å². The van der Waals surface area contributed by atoms with Crippen molar-refractivity contribution in [1.29, 1.82) is 0 Å². The highest BCUT2D eigenvalue weighted by Gasteiger charge is 2.28. The van der Waals surface area contributed by atoms with Crippen LogP contribution in [0.4, 0.5) is 5.95 Å². The minimum atomic E-state index is -2.97. The zero-order chi connectivity index (χ0) is 18.1. The van der Waals surface area contributed by atoms with Crippen LogP contribution in [0.5, 0.6) is 0 Å². The summed E-state index contributed by atoms with van der Waals surface area (Å²) in [5.74, 6) is 1.33. The lowest BCUT2D eigenvalue weighted by molar-refractivity contribution is 0.580. The second kappa shape index (κ2) is 6.53. The molecule has 4 rings (SSSR count). The van der Waals surface area contributed by atoms with Gasteiger partial charge in [-0.1, -0.05) is 0 Å². The zero-order valence-corrected chi connectivity index (χ0v) is 15.0. The maximum absolute atomic E-state index is 11.7. The van der Waals surface area contributed by atoms with E-state index in [0.29, 0.717) is 23.8 Å². The van der Waals surface area contributed by atoms with Gasteiger partial charge >= 0.3 is 0 Å². The monoisotopic (exact) mass is 370 g/mol. The van der Waals surface area contributed by atoms with Crippen molar-refractivity contribution >= 4 is 15.8 Å². The Kier molecular flexibility index (Phi) is 4.20. The van der Waals surface area contributed by atoms with Crippen LogP contribution in [0.3, 0.4) is 0 Å². The molecule has 26 heavy (non-hydrogen) atoms. The second-order valence-electron chi connectivity index (χ2n) is 6.37. The highest BCUT2D eigenvalue weighted by Crippen LogP contribution is 2.32. The minimum Gasteiger partial charge on any atom is -0.463 e. The number of furan rings is 1. The maximum Gasteiger partial charge on any atom is 0.223 e. The Balaban J connectivity index is 1.74. The summed E-state index contributed by atoms with van der Waals surface area (Å²) in [4.78, 5) is 13.1. The van der Waals surface area contributed by atoms with Gasteiger partial charge in [0.05, 0.1) is 17.8 Å². The van der Waals surface area contributed by atoms with Crippen molar-refractivity contribution in [2.75, 3.05) is 16.8 Å². The summed E-state index contributed by atoms with van der Waals surface area (Å²) >= 11 is 0. The third-order valence-corrected chi connectivity index (χ3v) is 6.19. The first-order valence-electron chi connectivity index (χ1n) is 8.31. The van der Waals surface area contributed by atoms with Crippen molar-refractivity contribution in [3.8, 4) is 22.6 Å². The number of rotatable bonds is 4. The Labute approximate surface area is 151 Å². The van der Waals surface area contributed by atoms with Gasteiger partial charge in [-0.15, -0.1) is 0 Å². The van der Waals surface area contributed by atoms with Crippen molar-refractivity contribution in [1.82, 2.24) is 15.0 Å². The maximum atomic E-state index is 11.7. The van der Waals surface area contributed by atoms with E-state index < -0.39 is 9.84 Å². The first-order valence-corrected chi connectivity index (χ1v) is 10.1. The van der Waals surface area contributed by atoms with Crippen molar-refractivity contribution < 1.29 is 12.8 Å². The molecule has 0 unspecified atom stereocenters. The molecule has 8 heteroatoms. The van der Waals surface area contributed by atoms with Crippen LogP contribution >= 0.6 is 0 Å². The molecule has 4 heterocycles. The molecule has 0 bridgehead atoms. The van der Waals surface area contributed by atoms with E-state index in [1.165, 1.54) is 0 Å². The van der Waals surface area contributed by atoms with Crippen molar-refractivity contribution in [2.24, 2.45) is 0 Å². The quantitative estimate of drug-likeness (QED) is 0.754. The molecule has 3 aromatic heterocycles. The summed E-state index contributed by atoms with van der Waals surface area (Å²) in [6.45, 7) is 1.98. The Bertz CT molecular complexity index is 1030. The number of nitrogens with one attached hydrogen (secondary N) is 1. The van der Waals surface area contributed by atoms with Crippen LogP contribution < -0.4 is 5.32 Å². The van der Waals surface area contributed by atoms with Crippen LogP contribution in [0.25, 0.3) is 22.6 Å². The Morgan fingerprint density at radius 1 is 1.23 bits per heavy atom. The number of aryl methyl sites for hydroxylation is 1. The van der Waals surface area contributed by atoms with Crippen LogP contribution in [0, 0.1) is 6.92 Å². The highest BCUT2D eigenvalue weighted by molar-refractivity contribution is 7.91. The third kappa shape index (κ3) is 3.32. The van der Waals surface area contributed by atoms with Gasteiger partial charge in [0.15, 0.2) is 15.6 Å². The summed E-state index contributed by atoms with van der Waals surface area (Å²) in [5.41, 5.74) is 3.47. The average molecular weight is 370 g/mol. The zero-order valence-electron chi connectivity index (χ0n) is 14.2. The smallest absolute Gasteiger partial charge is 0.223 e. The van der Waals surface area contributed by atoms with Crippen molar-refractivity contribution in [2.45, 2.75) is 19.4 Å². The highest BCUT2D eigenvalue weighted by atomic mass is 32.2. The lowest BCUT2D eigenvalue weighted by Gasteiger charge is -2.14. The fourth-order valence-electron chi connectivity index (χ4n) is 3.12. The molecule has 3 aromatic rings. The molecule has 0 spiro atoms. The summed E-state index contributed by atoms with van der Waals surface area (Å²) in [7, 11) is -2.97. The predicted molar refractivity (Wildman–Crippen MR) is 98.4 cm³/mol. The second-order valence-corrected chi connectivity index (χ2v) is 8.60. The molecule has 0 saturated carbocycles. The molecule has 1 saturated heterocycles. The predicted octanol–water partition coefficient (Wildman–Crippen LogP) is 2.71. The van der Waals surface area contributed by atoms with Crippen molar-refractivity contribution in [3.05, 3.63) is 48.6 Å². The molecular formula is C18H18N4O3S. The van der Waals surface area contributed by atoms with Gasteiger partial charge in [0.25, 0.3) is 0 Å². The molecule has 1 aliphatic rings. The topological polar surface area (TPSA) is 98.0 Å². The van der Waals surface area contributed by atoms with Crippen LogP contribution in [-0.2, 0) is 9.84 Å². The van der Waals surface area contributed by atoms with Crippen LogP contribution in [-0.4, -0.2) is 40.9 Å². The van der Waals surface area contributed by atoms with Crippen molar-refractivity contribution in [3.63, 3.8) is 0 Å². The van der Waals surface area contributed by atoms with Gasteiger partial charge in [0, 0.05) is 30.2 Å². The number of nitrogens with zero attached hydrogens (tertiary/aromatic N) is 3. The molecular weight excluding hydrogens is 352 g/mol. The molecule has 134 valence electrons. The number of hydrogen-bond donors (Lipinski definition) is 1. The number of sulfone groups is 1. The van der Waals surface area contributed by atoms with E-state index >= 15 is 0 Å².